The molecule has 248 valence electrons. The molecule has 0 aliphatic rings. The van der Waals surface area contributed by atoms with E-state index < -0.39 is 68.4 Å². The van der Waals surface area contributed by atoms with Gasteiger partial charge < -0.3 is 19.7 Å². The Morgan fingerprint density at radius 1 is 1.00 bits per heavy atom. The summed E-state index contributed by atoms with van der Waals surface area (Å²) in [4.78, 5) is 38.0. The first-order valence-electron chi connectivity index (χ1n) is 12.4. The molecule has 9 nitrogen and oxygen atoms in total. The minimum atomic E-state index is -6.58. The van der Waals surface area contributed by atoms with Crippen molar-refractivity contribution in [2.75, 3.05) is 23.9 Å². The average Bonchev–Trinajstić information content (AvgIpc) is 2.96. The predicted octanol–water partition coefficient (Wildman–Crippen LogP) is 8.18. The van der Waals surface area contributed by atoms with Crippen molar-refractivity contribution in [1.82, 2.24) is 0 Å². The molecule has 0 bridgehead atoms. The monoisotopic (exact) mass is 731 g/mol. The van der Waals surface area contributed by atoms with Gasteiger partial charge in [-0.25, -0.2) is 4.39 Å². The Morgan fingerprint density at radius 2 is 1.59 bits per heavy atom. The van der Waals surface area contributed by atoms with Crippen LogP contribution in [0.4, 0.5) is 56.6 Å². The van der Waals surface area contributed by atoms with Crippen LogP contribution in [0.15, 0.2) is 59.1 Å². The Morgan fingerprint density at radius 3 is 2.07 bits per heavy atom. The number of ether oxygens (including phenoxy) is 2. The lowest BCUT2D eigenvalue weighted by Crippen LogP contribution is -2.50. The quantitative estimate of drug-likeness (QED) is 0.128. The van der Waals surface area contributed by atoms with Gasteiger partial charge in [-0.3, -0.25) is 19.7 Å². The summed E-state index contributed by atoms with van der Waals surface area (Å²) in [5.41, 5.74) is -9.80. The second-order valence-electron chi connectivity index (χ2n) is 9.03. The lowest BCUT2D eigenvalue weighted by atomic mass is 9.93. The summed E-state index contributed by atoms with van der Waals surface area (Å²) < 4.78 is 130. The van der Waals surface area contributed by atoms with E-state index in [-0.39, 0.29) is 41.4 Å². The first-order chi connectivity index (χ1) is 21.3. The van der Waals surface area contributed by atoms with Crippen LogP contribution < -0.4 is 19.7 Å². The maximum absolute atomic E-state index is 14.7. The third kappa shape index (κ3) is 6.97. The molecule has 3 aromatic rings. The second kappa shape index (κ2) is 13.4. The number of hydrogen-bond acceptors (Lipinski definition) is 6. The highest BCUT2D eigenvalue weighted by Gasteiger charge is 2.73. The molecule has 0 heterocycles. The molecule has 0 aromatic heterocycles. The molecule has 3 rings (SSSR count). The normalized spacial score (nSPS) is 12.1. The van der Waals surface area contributed by atoms with Crippen LogP contribution >= 0.6 is 15.9 Å². The summed E-state index contributed by atoms with van der Waals surface area (Å²) in [7, 11) is 1.09. The van der Waals surface area contributed by atoms with E-state index in [4.69, 9.17) is 4.74 Å². The second-order valence-corrected chi connectivity index (χ2v) is 9.88. The van der Waals surface area contributed by atoms with Gasteiger partial charge in [-0.1, -0.05) is 6.07 Å². The molecule has 0 fully saturated rings. The number of hydrogen-bond donors (Lipinski definition) is 1. The van der Waals surface area contributed by atoms with Crippen molar-refractivity contribution >= 4 is 44.8 Å². The fourth-order valence-corrected chi connectivity index (χ4v) is 4.74. The largest absolute Gasteiger partial charge is 0.494 e. The number of non-ortho nitro benzene ring substituents is 1. The zero-order chi connectivity index (χ0) is 34.8. The molecule has 0 atom stereocenters. The van der Waals surface area contributed by atoms with Crippen molar-refractivity contribution < 1.29 is 63.5 Å². The van der Waals surface area contributed by atoms with Crippen molar-refractivity contribution in [1.29, 1.82) is 0 Å². The van der Waals surface area contributed by atoms with Gasteiger partial charge in [0.05, 0.1) is 29.0 Å². The number of nitrogens with one attached hydrogen (secondary N) is 1. The number of halogens is 10. The van der Waals surface area contributed by atoms with Crippen LogP contribution in [0, 0.1) is 10.1 Å². The highest BCUT2D eigenvalue weighted by molar-refractivity contribution is 9.10. The van der Waals surface area contributed by atoms with Crippen LogP contribution in [0.2, 0.25) is 0 Å². The van der Waals surface area contributed by atoms with Gasteiger partial charge in [-0.2, -0.15) is 35.1 Å². The van der Waals surface area contributed by atoms with Gasteiger partial charge >= 0.3 is 24.6 Å². The molecule has 0 spiro atoms. The smallest absolute Gasteiger partial charge is 0.435 e. The lowest BCUT2D eigenvalue weighted by Gasteiger charge is -2.31. The van der Waals surface area contributed by atoms with Gasteiger partial charge in [0.15, 0.2) is 11.5 Å². The minimum absolute atomic E-state index is 0.00354. The summed E-state index contributed by atoms with van der Waals surface area (Å²) in [5.74, 6) is -3.67. The highest BCUT2D eigenvalue weighted by atomic mass is 79.9. The fraction of sp³-hybridized carbons (Fsp3) is 0.259. The van der Waals surface area contributed by atoms with Crippen LogP contribution in [0.25, 0.3) is 0 Å². The SMILES string of the molecule is CCN(C(=O)c1ccc([N+](=O)[O-])cc1)c1cccc(C(=O)Nc2c(Br)cc(C(F)(C(F)(F)F)C(F)(F)F)cc2OC(F)F)c1OC. The first kappa shape index (κ1) is 35.9. The van der Waals surface area contributed by atoms with Crippen molar-refractivity contribution in [3.05, 3.63) is 85.9 Å². The fourth-order valence-electron chi connectivity index (χ4n) is 4.20. The number of carbonyl (C=O) groups is 2. The summed E-state index contributed by atoms with van der Waals surface area (Å²) >= 11 is 2.59. The maximum atomic E-state index is 14.7. The van der Waals surface area contributed by atoms with Crippen LogP contribution in [0.3, 0.4) is 0 Å². The van der Waals surface area contributed by atoms with Crippen molar-refractivity contribution in [3.8, 4) is 11.5 Å². The molecular formula is C27H19BrF9N3O6. The molecule has 1 N–H and O–H groups in total. The van der Waals surface area contributed by atoms with Crippen LogP contribution in [-0.4, -0.2) is 49.4 Å². The third-order valence-electron chi connectivity index (χ3n) is 6.31. The van der Waals surface area contributed by atoms with E-state index >= 15 is 0 Å². The zero-order valence-electron chi connectivity index (χ0n) is 23.1. The molecule has 0 radical (unpaired) electrons. The van der Waals surface area contributed by atoms with Gasteiger partial charge in [0, 0.05) is 34.3 Å². The van der Waals surface area contributed by atoms with Crippen molar-refractivity contribution in [3.63, 3.8) is 0 Å². The summed E-state index contributed by atoms with van der Waals surface area (Å²) in [6, 6.07) is 7.97. The lowest BCUT2D eigenvalue weighted by molar-refractivity contribution is -0.384. The molecule has 2 amide bonds. The third-order valence-corrected chi connectivity index (χ3v) is 6.93. The van der Waals surface area contributed by atoms with E-state index in [2.05, 4.69) is 20.7 Å². The van der Waals surface area contributed by atoms with Gasteiger partial charge in [0.25, 0.3) is 17.5 Å². The van der Waals surface area contributed by atoms with Crippen LogP contribution in [-0.2, 0) is 5.67 Å². The summed E-state index contributed by atoms with van der Waals surface area (Å²) in [6.07, 6.45) is -13.2. The molecular weight excluding hydrogens is 713 g/mol. The molecule has 0 aliphatic carbocycles. The zero-order valence-corrected chi connectivity index (χ0v) is 24.7. The summed E-state index contributed by atoms with van der Waals surface area (Å²) in [5, 5.41) is 13.0. The van der Waals surface area contributed by atoms with E-state index in [0.29, 0.717) is 0 Å². The number of anilines is 2. The topological polar surface area (TPSA) is 111 Å². The molecule has 0 unspecified atom stereocenters. The van der Waals surface area contributed by atoms with Gasteiger partial charge in [0.1, 0.15) is 0 Å². The Labute approximate surface area is 261 Å². The van der Waals surface area contributed by atoms with Crippen molar-refractivity contribution in [2.45, 2.75) is 31.6 Å². The molecule has 0 saturated heterocycles. The number of methoxy groups -OCH3 is 1. The molecule has 0 aliphatic heterocycles. The first-order valence-corrected chi connectivity index (χ1v) is 13.2. The minimum Gasteiger partial charge on any atom is -0.494 e. The number of benzene rings is 3. The molecule has 19 heteroatoms. The Hall–Kier alpha value is -4.55. The van der Waals surface area contributed by atoms with E-state index in [9.17, 15) is 59.2 Å². The Bertz CT molecular complexity index is 1620. The highest BCUT2D eigenvalue weighted by Crippen LogP contribution is 2.55. The Kier molecular flexibility index (Phi) is 10.5. The van der Waals surface area contributed by atoms with Crippen LogP contribution in [0.5, 0.6) is 11.5 Å². The van der Waals surface area contributed by atoms with E-state index in [1.54, 1.807) is 0 Å². The van der Waals surface area contributed by atoms with Gasteiger partial charge in [-0.05, 0) is 59.3 Å². The molecule has 3 aromatic carbocycles. The number of alkyl halides is 9. The average molecular weight is 732 g/mol. The summed E-state index contributed by atoms with van der Waals surface area (Å²) in [6.45, 7) is -2.35. The molecule has 46 heavy (non-hydrogen) atoms. The standard InChI is InChI=1S/C27H19BrF9N3O6/c1-3-39(23(42)13-7-9-15(10-8-13)40(43)44)18-6-4-5-16(21(18)45-2)22(41)38-20-17(28)11-14(12-19(20)46-24(29)30)25(31,26(32,33)34)27(35,36)37/h4-12,24H,3H2,1-2H3,(H,38,41). The molecule has 0 saturated carbocycles. The number of carbonyl (C=O) groups excluding carboxylic acids is 2. The number of nitrogens with zero attached hydrogens (tertiary/aromatic N) is 2. The van der Waals surface area contributed by atoms with E-state index in [0.717, 1.165) is 30.2 Å². The predicted molar refractivity (Wildman–Crippen MR) is 147 cm³/mol. The van der Waals surface area contributed by atoms with E-state index in [1.165, 1.54) is 31.2 Å². The number of para-hydroxylation sites is 1. The van der Waals surface area contributed by atoms with Gasteiger partial charge in [0.2, 0.25) is 0 Å². The maximum Gasteiger partial charge on any atom is 0.435 e. The number of amides is 2. The van der Waals surface area contributed by atoms with Crippen LogP contribution in [0.1, 0.15) is 33.2 Å². The number of nitro benzene ring substituents is 1. The number of nitro groups is 1. The van der Waals surface area contributed by atoms with Gasteiger partial charge in [-0.15, -0.1) is 0 Å². The Balaban J connectivity index is 2.09. The van der Waals surface area contributed by atoms with E-state index in [1.807, 2.05) is 5.32 Å². The number of rotatable bonds is 10. The van der Waals surface area contributed by atoms with Crippen molar-refractivity contribution in [2.24, 2.45) is 0 Å².